The number of carbonyl (C=O) groups excluding carboxylic acids is 2. The summed E-state index contributed by atoms with van der Waals surface area (Å²) in [6.07, 6.45) is 2.12. The zero-order valence-corrected chi connectivity index (χ0v) is 12.2. The van der Waals surface area contributed by atoms with Gasteiger partial charge in [0.15, 0.2) is 12.0 Å². The molecule has 0 aliphatic rings. The Morgan fingerprint density at radius 2 is 2.00 bits per heavy atom. The third-order valence-electron chi connectivity index (χ3n) is 2.97. The molecule has 6 heteroatoms. The molecule has 0 fully saturated rings. The van der Waals surface area contributed by atoms with Crippen molar-refractivity contribution in [2.45, 2.75) is 6.92 Å². The number of hydrogen-bond donors (Lipinski definition) is 0. The number of carbonyl (C=O) groups is 2. The first-order chi connectivity index (χ1) is 10.1. The van der Waals surface area contributed by atoms with E-state index in [9.17, 15) is 9.59 Å². The first-order valence-corrected chi connectivity index (χ1v) is 6.56. The van der Waals surface area contributed by atoms with E-state index < -0.39 is 5.97 Å². The van der Waals surface area contributed by atoms with Gasteiger partial charge in [-0.3, -0.25) is 4.79 Å². The maximum atomic E-state index is 11.7. The number of hydrogen-bond acceptors (Lipinski definition) is 5. The van der Waals surface area contributed by atoms with Crippen LogP contribution < -0.4 is 4.90 Å². The summed E-state index contributed by atoms with van der Waals surface area (Å²) >= 11 is 0. The molecular formula is C15H17N3O3. The minimum absolute atomic E-state index is 0.0311. The quantitative estimate of drug-likeness (QED) is 0.621. The minimum Gasteiger partial charge on any atom is -0.461 e. The van der Waals surface area contributed by atoms with Gasteiger partial charge in [0.1, 0.15) is 0 Å². The molecule has 0 atom stereocenters. The van der Waals surface area contributed by atoms with Gasteiger partial charge in [0.05, 0.1) is 17.9 Å². The van der Waals surface area contributed by atoms with Gasteiger partial charge in [-0.15, -0.1) is 0 Å². The van der Waals surface area contributed by atoms with E-state index in [4.69, 9.17) is 4.74 Å². The van der Waals surface area contributed by atoms with Crippen LogP contribution in [0.15, 0.2) is 30.5 Å². The third kappa shape index (κ3) is 3.10. The third-order valence-corrected chi connectivity index (χ3v) is 2.97. The van der Waals surface area contributed by atoms with Crippen LogP contribution in [0.2, 0.25) is 0 Å². The highest BCUT2D eigenvalue weighted by atomic mass is 16.5. The summed E-state index contributed by atoms with van der Waals surface area (Å²) in [5.41, 5.74) is 2.06. The van der Waals surface area contributed by atoms with Crippen LogP contribution in [-0.2, 0) is 4.74 Å². The lowest BCUT2D eigenvalue weighted by molar-refractivity contribution is 0.0517. The minimum atomic E-state index is -0.594. The van der Waals surface area contributed by atoms with E-state index in [1.54, 1.807) is 6.92 Å². The lowest BCUT2D eigenvalue weighted by Crippen LogP contribution is -2.09. The Balaban J connectivity index is 2.36. The molecule has 1 aromatic carbocycles. The second-order valence-corrected chi connectivity index (χ2v) is 4.63. The largest absolute Gasteiger partial charge is 0.461 e. The summed E-state index contributed by atoms with van der Waals surface area (Å²) in [5, 5.41) is 4.14. The molecule has 110 valence electrons. The molecule has 0 saturated heterocycles. The maximum Gasteiger partial charge on any atom is 0.359 e. The highest BCUT2D eigenvalue weighted by Gasteiger charge is 2.18. The normalized spacial score (nSPS) is 10.2. The van der Waals surface area contributed by atoms with E-state index >= 15 is 0 Å². The van der Waals surface area contributed by atoms with Gasteiger partial charge in [0.25, 0.3) is 0 Å². The molecule has 21 heavy (non-hydrogen) atoms. The monoisotopic (exact) mass is 287 g/mol. The number of aromatic nitrogens is 2. The Bertz CT molecular complexity index is 645. The van der Waals surface area contributed by atoms with Crippen LogP contribution in [-0.4, -0.2) is 42.7 Å². The van der Waals surface area contributed by atoms with E-state index in [-0.39, 0.29) is 17.9 Å². The fourth-order valence-corrected chi connectivity index (χ4v) is 1.87. The molecular weight excluding hydrogens is 270 g/mol. The van der Waals surface area contributed by atoms with Gasteiger partial charge < -0.3 is 9.64 Å². The van der Waals surface area contributed by atoms with Crippen molar-refractivity contribution in [2.24, 2.45) is 0 Å². The summed E-state index contributed by atoms with van der Waals surface area (Å²) in [5.74, 6) is -0.594. The van der Waals surface area contributed by atoms with Gasteiger partial charge in [-0.25, -0.2) is 9.48 Å². The SMILES string of the molecule is CCOC(=O)c1nn(-c2ccc(N(C)C)cc2)cc1C=O. The van der Waals surface area contributed by atoms with Crippen molar-refractivity contribution < 1.29 is 14.3 Å². The zero-order chi connectivity index (χ0) is 15.4. The number of esters is 1. The molecule has 0 aliphatic carbocycles. The average molecular weight is 287 g/mol. The predicted octanol–water partition coefficient (Wildman–Crippen LogP) is 1.93. The first-order valence-electron chi connectivity index (χ1n) is 6.56. The number of ether oxygens (including phenoxy) is 1. The molecule has 6 nitrogen and oxygen atoms in total. The van der Waals surface area contributed by atoms with Crippen molar-refractivity contribution in [3.05, 3.63) is 41.7 Å². The van der Waals surface area contributed by atoms with Crippen LogP contribution in [0.4, 0.5) is 5.69 Å². The van der Waals surface area contributed by atoms with Gasteiger partial charge in [-0.2, -0.15) is 5.10 Å². The van der Waals surface area contributed by atoms with Crippen LogP contribution >= 0.6 is 0 Å². The Morgan fingerprint density at radius 3 is 2.52 bits per heavy atom. The number of anilines is 1. The lowest BCUT2D eigenvalue weighted by atomic mass is 10.2. The van der Waals surface area contributed by atoms with Crippen molar-refractivity contribution in [2.75, 3.05) is 25.6 Å². The van der Waals surface area contributed by atoms with Gasteiger partial charge in [-0.1, -0.05) is 0 Å². The summed E-state index contributed by atoms with van der Waals surface area (Å²) in [4.78, 5) is 24.8. The van der Waals surface area contributed by atoms with Crippen molar-refractivity contribution in [3.8, 4) is 5.69 Å². The highest BCUT2D eigenvalue weighted by molar-refractivity contribution is 5.96. The smallest absolute Gasteiger partial charge is 0.359 e. The van der Waals surface area contributed by atoms with Gasteiger partial charge in [-0.05, 0) is 31.2 Å². The molecule has 0 radical (unpaired) electrons. The molecule has 2 aromatic rings. The molecule has 0 spiro atoms. The second-order valence-electron chi connectivity index (χ2n) is 4.63. The van der Waals surface area contributed by atoms with Crippen LogP contribution in [0.5, 0.6) is 0 Å². The van der Waals surface area contributed by atoms with Crippen LogP contribution in [0, 0.1) is 0 Å². The zero-order valence-electron chi connectivity index (χ0n) is 12.2. The Hall–Kier alpha value is -2.63. The average Bonchev–Trinajstić information content (AvgIpc) is 2.92. The predicted molar refractivity (Wildman–Crippen MR) is 79.2 cm³/mol. The Kier molecular flexibility index (Phi) is 4.37. The van der Waals surface area contributed by atoms with Gasteiger partial charge >= 0.3 is 5.97 Å². The van der Waals surface area contributed by atoms with Gasteiger partial charge in [0.2, 0.25) is 0 Å². The summed E-state index contributed by atoms with van der Waals surface area (Å²) in [7, 11) is 3.90. The number of rotatable bonds is 5. The fourth-order valence-electron chi connectivity index (χ4n) is 1.87. The molecule has 0 unspecified atom stereocenters. The molecule has 0 aliphatic heterocycles. The van der Waals surface area contributed by atoms with E-state index in [1.165, 1.54) is 10.9 Å². The van der Waals surface area contributed by atoms with Gasteiger partial charge in [0, 0.05) is 26.0 Å². The molecule has 0 amide bonds. The van der Waals surface area contributed by atoms with Crippen LogP contribution in [0.25, 0.3) is 5.69 Å². The molecule has 1 aromatic heterocycles. The summed E-state index contributed by atoms with van der Waals surface area (Å²) < 4.78 is 6.39. The molecule has 0 N–H and O–H groups in total. The summed E-state index contributed by atoms with van der Waals surface area (Å²) in [6, 6.07) is 7.60. The molecule has 0 saturated carbocycles. The summed E-state index contributed by atoms with van der Waals surface area (Å²) in [6.45, 7) is 1.94. The number of nitrogens with zero attached hydrogens (tertiary/aromatic N) is 3. The lowest BCUT2D eigenvalue weighted by Gasteiger charge is -2.12. The topological polar surface area (TPSA) is 64.4 Å². The fraction of sp³-hybridized carbons (Fsp3) is 0.267. The number of benzene rings is 1. The Morgan fingerprint density at radius 1 is 1.33 bits per heavy atom. The second kappa shape index (κ2) is 6.21. The molecule has 0 bridgehead atoms. The molecule has 1 heterocycles. The van der Waals surface area contributed by atoms with E-state index in [0.29, 0.717) is 6.29 Å². The maximum absolute atomic E-state index is 11.7. The molecule has 2 rings (SSSR count). The Labute approximate surface area is 122 Å². The van der Waals surface area contributed by atoms with E-state index in [0.717, 1.165) is 11.4 Å². The van der Waals surface area contributed by atoms with Crippen LogP contribution in [0.3, 0.4) is 0 Å². The van der Waals surface area contributed by atoms with E-state index in [1.807, 2.05) is 43.3 Å². The van der Waals surface area contributed by atoms with E-state index in [2.05, 4.69) is 5.10 Å². The van der Waals surface area contributed by atoms with Crippen molar-refractivity contribution in [3.63, 3.8) is 0 Å². The van der Waals surface area contributed by atoms with Crippen LogP contribution in [0.1, 0.15) is 27.8 Å². The standard InChI is InChI=1S/C15H17N3O3/c1-4-21-15(20)14-11(10-19)9-18(16-14)13-7-5-12(6-8-13)17(2)3/h5-10H,4H2,1-3H3. The first kappa shape index (κ1) is 14.8. The highest BCUT2D eigenvalue weighted by Crippen LogP contribution is 2.16. The van der Waals surface area contributed by atoms with Crippen molar-refractivity contribution >= 4 is 17.9 Å². The van der Waals surface area contributed by atoms with Crippen molar-refractivity contribution in [1.82, 2.24) is 9.78 Å². The number of aldehydes is 1. The van der Waals surface area contributed by atoms with Crippen molar-refractivity contribution in [1.29, 1.82) is 0 Å².